The van der Waals surface area contributed by atoms with Gasteiger partial charge in [-0.3, -0.25) is 0 Å². The predicted octanol–water partition coefficient (Wildman–Crippen LogP) is -0.347. The summed E-state index contributed by atoms with van der Waals surface area (Å²) in [4.78, 5) is 0.0936. The molecule has 1 saturated heterocycles. The molecular formula is C12H18N2O4S2. The fourth-order valence-electron chi connectivity index (χ4n) is 2.22. The second kappa shape index (κ2) is 5.80. The molecule has 0 bridgehead atoms. The molecule has 1 fully saturated rings. The van der Waals surface area contributed by atoms with Crippen LogP contribution in [0.2, 0.25) is 0 Å². The highest BCUT2D eigenvalue weighted by Gasteiger charge is 2.26. The molecule has 0 aromatic heterocycles. The summed E-state index contributed by atoms with van der Waals surface area (Å²) in [6, 6.07) is 6.42. The number of nitrogens with two attached hydrogens (primary N) is 1. The number of nitrogens with one attached hydrogen (secondary N) is 1. The Bertz CT molecular complexity index is 666. The number of sulfonamides is 1. The predicted molar refractivity (Wildman–Crippen MR) is 76.6 cm³/mol. The third-order valence-corrected chi connectivity index (χ3v) is 6.03. The van der Waals surface area contributed by atoms with Gasteiger partial charge in [0.1, 0.15) is 0 Å². The van der Waals surface area contributed by atoms with Crippen LogP contribution >= 0.6 is 0 Å². The Morgan fingerprint density at radius 2 is 1.90 bits per heavy atom. The van der Waals surface area contributed by atoms with E-state index in [2.05, 4.69) is 5.32 Å². The van der Waals surface area contributed by atoms with Gasteiger partial charge in [0.2, 0.25) is 10.0 Å². The fraction of sp³-hybridized carbons (Fsp3) is 0.500. The van der Waals surface area contributed by atoms with E-state index >= 15 is 0 Å². The summed E-state index contributed by atoms with van der Waals surface area (Å²) in [5.41, 5.74) is 0.978. The summed E-state index contributed by atoms with van der Waals surface area (Å²) in [5, 5.41) is 8.23. The summed E-state index contributed by atoms with van der Waals surface area (Å²) in [6.45, 7) is 0.662. The topological polar surface area (TPSA) is 106 Å². The number of primary sulfonamides is 1. The summed E-state index contributed by atoms with van der Waals surface area (Å²) >= 11 is 0. The molecule has 1 aromatic rings. The van der Waals surface area contributed by atoms with Crippen LogP contribution in [0.25, 0.3) is 0 Å². The maximum Gasteiger partial charge on any atom is 0.238 e. The standard InChI is InChI=1S/C12H18N2O4S2/c13-20(17,18)12-3-1-10(2-4-12)5-7-14-11-6-8-19(15,16)9-11/h1-4,11,14H,5-9H2,(H2,13,17,18)/t11-/m0/s1. The molecule has 1 atom stereocenters. The minimum absolute atomic E-state index is 0.0312. The van der Waals surface area contributed by atoms with Crippen molar-refractivity contribution in [3.8, 4) is 0 Å². The molecule has 1 aliphatic rings. The van der Waals surface area contributed by atoms with Gasteiger partial charge >= 0.3 is 0 Å². The molecule has 20 heavy (non-hydrogen) atoms. The average molecular weight is 318 g/mol. The lowest BCUT2D eigenvalue weighted by molar-refractivity contribution is 0.557. The van der Waals surface area contributed by atoms with Crippen molar-refractivity contribution in [2.24, 2.45) is 5.14 Å². The third kappa shape index (κ3) is 4.27. The fourth-order valence-corrected chi connectivity index (χ4v) is 4.45. The molecule has 6 nitrogen and oxygen atoms in total. The zero-order valence-corrected chi connectivity index (χ0v) is 12.6. The van der Waals surface area contributed by atoms with E-state index in [1.807, 2.05) is 0 Å². The van der Waals surface area contributed by atoms with Crippen LogP contribution < -0.4 is 10.5 Å². The molecular weight excluding hydrogens is 300 g/mol. The van der Waals surface area contributed by atoms with Gasteiger partial charge in [-0.1, -0.05) is 12.1 Å². The number of hydrogen-bond donors (Lipinski definition) is 2. The lowest BCUT2D eigenvalue weighted by Gasteiger charge is -2.10. The lowest BCUT2D eigenvalue weighted by Crippen LogP contribution is -2.31. The van der Waals surface area contributed by atoms with Crippen LogP contribution in [0.15, 0.2) is 29.2 Å². The van der Waals surface area contributed by atoms with Crippen molar-refractivity contribution in [1.82, 2.24) is 5.32 Å². The first kappa shape index (κ1) is 15.4. The summed E-state index contributed by atoms with van der Waals surface area (Å²) in [6.07, 6.45) is 1.37. The van der Waals surface area contributed by atoms with Gasteiger partial charge in [-0.15, -0.1) is 0 Å². The van der Waals surface area contributed by atoms with Crippen molar-refractivity contribution in [3.05, 3.63) is 29.8 Å². The number of sulfone groups is 1. The van der Waals surface area contributed by atoms with E-state index in [9.17, 15) is 16.8 Å². The minimum atomic E-state index is -3.65. The first-order valence-electron chi connectivity index (χ1n) is 6.32. The van der Waals surface area contributed by atoms with E-state index in [0.717, 1.165) is 5.56 Å². The van der Waals surface area contributed by atoms with Gasteiger partial charge in [0.15, 0.2) is 9.84 Å². The average Bonchev–Trinajstić information content (AvgIpc) is 2.68. The second-order valence-electron chi connectivity index (χ2n) is 4.99. The van der Waals surface area contributed by atoms with Crippen LogP contribution in [0.4, 0.5) is 0 Å². The van der Waals surface area contributed by atoms with E-state index in [0.29, 0.717) is 19.4 Å². The first-order chi connectivity index (χ1) is 9.26. The van der Waals surface area contributed by atoms with Crippen molar-refractivity contribution in [2.75, 3.05) is 18.1 Å². The SMILES string of the molecule is NS(=O)(=O)c1ccc(CCN[C@H]2CCS(=O)(=O)C2)cc1. The zero-order chi connectivity index (χ0) is 14.8. The van der Waals surface area contributed by atoms with Gasteiger partial charge in [0.25, 0.3) is 0 Å². The third-order valence-electron chi connectivity index (χ3n) is 3.33. The molecule has 8 heteroatoms. The van der Waals surface area contributed by atoms with Crippen LogP contribution in [0.1, 0.15) is 12.0 Å². The molecule has 0 spiro atoms. The van der Waals surface area contributed by atoms with E-state index in [1.54, 1.807) is 12.1 Å². The van der Waals surface area contributed by atoms with Crippen molar-refractivity contribution >= 4 is 19.9 Å². The van der Waals surface area contributed by atoms with Gasteiger partial charge in [-0.05, 0) is 37.1 Å². The Labute approximate surface area is 119 Å². The van der Waals surface area contributed by atoms with E-state index < -0.39 is 19.9 Å². The van der Waals surface area contributed by atoms with Gasteiger partial charge in [-0.25, -0.2) is 22.0 Å². The van der Waals surface area contributed by atoms with E-state index in [-0.39, 0.29) is 22.4 Å². The van der Waals surface area contributed by atoms with Crippen LogP contribution in [0.5, 0.6) is 0 Å². The van der Waals surface area contributed by atoms with Gasteiger partial charge in [0, 0.05) is 6.04 Å². The molecule has 0 radical (unpaired) electrons. The van der Waals surface area contributed by atoms with E-state index in [1.165, 1.54) is 12.1 Å². The second-order valence-corrected chi connectivity index (χ2v) is 8.78. The van der Waals surface area contributed by atoms with Gasteiger partial charge in [0.05, 0.1) is 16.4 Å². The Hall–Kier alpha value is -0.960. The molecule has 1 aromatic carbocycles. The molecule has 0 saturated carbocycles. The Balaban J connectivity index is 1.83. The molecule has 1 heterocycles. The zero-order valence-electron chi connectivity index (χ0n) is 10.9. The Kier molecular flexibility index (Phi) is 4.48. The first-order valence-corrected chi connectivity index (χ1v) is 9.69. The number of rotatable bonds is 5. The van der Waals surface area contributed by atoms with Crippen LogP contribution in [0, 0.1) is 0 Å². The van der Waals surface area contributed by atoms with Crippen LogP contribution in [-0.4, -0.2) is 40.9 Å². The highest BCUT2D eigenvalue weighted by molar-refractivity contribution is 7.91. The molecule has 0 amide bonds. The van der Waals surface area contributed by atoms with Crippen molar-refractivity contribution in [1.29, 1.82) is 0 Å². The van der Waals surface area contributed by atoms with Crippen molar-refractivity contribution < 1.29 is 16.8 Å². The van der Waals surface area contributed by atoms with Crippen LogP contribution in [-0.2, 0) is 26.3 Å². The van der Waals surface area contributed by atoms with Gasteiger partial charge < -0.3 is 5.32 Å². The normalized spacial score (nSPS) is 21.9. The summed E-state index contributed by atoms with van der Waals surface area (Å²) in [5.74, 6) is 0.463. The highest BCUT2D eigenvalue weighted by Crippen LogP contribution is 2.12. The van der Waals surface area contributed by atoms with Crippen molar-refractivity contribution in [2.45, 2.75) is 23.8 Å². The summed E-state index contributed by atoms with van der Waals surface area (Å²) in [7, 11) is -6.50. The lowest BCUT2D eigenvalue weighted by atomic mass is 10.1. The maximum absolute atomic E-state index is 11.3. The molecule has 0 unspecified atom stereocenters. The quantitative estimate of drug-likeness (QED) is 0.772. The summed E-state index contributed by atoms with van der Waals surface area (Å²) < 4.78 is 44.8. The monoisotopic (exact) mass is 318 g/mol. The highest BCUT2D eigenvalue weighted by atomic mass is 32.2. The molecule has 1 aliphatic heterocycles. The maximum atomic E-state index is 11.3. The van der Waals surface area contributed by atoms with Crippen LogP contribution in [0.3, 0.4) is 0 Å². The molecule has 3 N–H and O–H groups in total. The van der Waals surface area contributed by atoms with E-state index in [4.69, 9.17) is 5.14 Å². The number of hydrogen-bond acceptors (Lipinski definition) is 5. The Morgan fingerprint density at radius 3 is 2.40 bits per heavy atom. The largest absolute Gasteiger partial charge is 0.313 e. The molecule has 112 valence electrons. The minimum Gasteiger partial charge on any atom is -0.313 e. The molecule has 2 rings (SSSR count). The smallest absolute Gasteiger partial charge is 0.238 e. The van der Waals surface area contributed by atoms with Gasteiger partial charge in [-0.2, -0.15) is 0 Å². The Morgan fingerprint density at radius 1 is 1.25 bits per heavy atom. The number of benzene rings is 1. The van der Waals surface area contributed by atoms with Crippen molar-refractivity contribution in [3.63, 3.8) is 0 Å². The molecule has 0 aliphatic carbocycles.